The number of carbonyl (C=O) groups is 1. The summed E-state index contributed by atoms with van der Waals surface area (Å²) in [6.45, 7) is -0.549. The molecule has 2 N–H and O–H groups in total. The third-order valence-corrected chi connectivity index (χ3v) is 1.98. The van der Waals surface area contributed by atoms with E-state index >= 15 is 0 Å². The van der Waals surface area contributed by atoms with Gasteiger partial charge in [0.1, 0.15) is 11.4 Å². The number of hydrogen-bond acceptors (Lipinski definition) is 3. The van der Waals surface area contributed by atoms with Gasteiger partial charge in [-0.15, -0.1) is 0 Å². The van der Waals surface area contributed by atoms with Gasteiger partial charge in [0.05, 0.1) is 0 Å². The van der Waals surface area contributed by atoms with E-state index in [9.17, 15) is 26.7 Å². The zero-order valence-corrected chi connectivity index (χ0v) is 8.26. The van der Waals surface area contributed by atoms with Crippen molar-refractivity contribution < 1.29 is 26.7 Å². The van der Waals surface area contributed by atoms with Gasteiger partial charge >= 0.3 is 6.18 Å². The van der Waals surface area contributed by atoms with E-state index in [0.29, 0.717) is 6.07 Å². The maximum absolute atomic E-state index is 12.5. The molecule has 1 rings (SSSR count). The minimum absolute atomic E-state index is 0.0216. The van der Waals surface area contributed by atoms with Crippen LogP contribution in [0.1, 0.15) is 33.7 Å². The zero-order valence-electron chi connectivity index (χ0n) is 8.26. The first-order chi connectivity index (χ1) is 7.81. The van der Waals surface area contributed by atoms with Crippen LogP contribution < -0.4 is 5.73 Å². The van der Waals surface area contributed by atoms with Gasteiger partial charge in [0, 0.05) is 12.1 Å². The molecule has 0 aliphatic rings. The Balaban J connectivity index is 3.50. The largest absolute Gasteiger partial charge is 0.433 e. The van der Waals surface area contributed by atoms with E-state index in [1.807, 2.05) is 0 Å². The summed E-state index contributed by atoms with van der Waals surface area (Å²) in [6.07, 6.45) is -8.13. The van der Waals surface area contributed by atoms with Gasteiger partial charge in [-0.05, 0) is 11.6 Å². The van der Waals surface area contributed by atoms with Crippen LogP contribution in [-0.4, -0.2) is 11.3 Å². The fourth-order valence-electron chi connectivity index (χ4n) is 1.26. The van der Waals surface area contributed by atoms with Crippen LogP contribution in [0.4, 0.5) is 22.0 Å². The van der Waals surface area contributed by atoms with Crippen LogP contribution >= 0.6 is 0 Å². The molecule has 0 aliphatic carbocycles. The standard InChI is InChI=1S/C9H7F5N2O/c10-8(11)6-5(3-17)1-4(2-15)7(16-6)9(12,13)14/h1,3,8H,2,15H2. The summed E-state index contributed by atoms with van der Waals surface area (Å²) in [5.74, 6) is 0. The molecule has 1 heterocycles. The van der Waals surface area contributed by atoms with Gasteiger partial charge < -0.3 is 5.73 Å². The van der Waals surface area contributed by atoms with E-state index in [0.717, 1.165) is 0 Å². The molecule has 17 heavy (non-hydrogen) atoms. The normalized spacial score (nSPS) is 11.9. The predicted molar refractivity (Wildman–Crippen MR) is 47.5 cm³/mol. The first-order valence-corrected chi connectivity index (χ1v) is 4.35. The maximum Gasteiger partial charge on any atom is 0.433 e. The second-order valence-corrected chi connectivity index (χ2v) is 3.09. The van der Waals surface area contributed by atoms with Crippen LogP contribution in [0, 0.1) is 0 Å². The molecule has 0 aliphatic heterocycles. The highest BCUT2D eigenvalue weighted by Crippen LogP contribution is 2.33. The molecule has 1 aromatic rings. The minimum atomic E-state index is -4.89. The lowest BCUT2D eigenvalue weighted by Gasteiger charge is -2.13. The first-order valence-electron chi connectivity index (χ1n) is 4.35. The Morgan fingerprint density at radius 3 is 2.35 bits per heavy atom. The van der Waals surface area contributed by atoms with Crippen molar-refractivity contribution >= 4 is 6.29 Å². The second kappa shape index (κ2) is 4.74. The van der Waals surface area contributed by atoms with E-state index in [-0.39, 0.29) is 6.29 Å². The molecule has 94 valence electrons. The summed E-state index contributed by atoms with van der Waals surface area (Å²) in [5, 5.41) is 0. The van der Waals surface area contributed by atoms with Gasteiger partial charge in [-0.25, -0.2) is 13.8 Å². The van der Waals surface area contributed by atoms with Crippen LogP contribution in [0.2, 0.25) is 0 Å². The molecule has 0 saturated carbocycles. The molecule has 0 radical (unpaired) electrons. The summed E-state index contributed by atoms with van der Waals surface area (Å²) < 4.78 is 62.2. The van der Waals surface area contributed by atoms with E-state index < -0.39 is 41.7 Å². The topological polar surface area (TPSA) is 56.0 Å². The number of aldehydes is 1. The lowest BCUT2D eigenvalue weighted by molar-refractivity contribution is -0.142. The molecule has 0 fully saturated rings. The van der Waals surface area contributed by atoms with Crippen molar-refractivity contribution in [2.45, 2.75) is 19.1 Å². The Labute approximate surface area is 92.4 Å². The predicted octanol–water partition coefficient (Wildman–Crippen LogP) is 2.31. The summed E-state index contributed by atoms with van der Waals surface area (Å²) in [7, 11) is 0. The lowest BCUT2D eigenvalue weighted by Crippen LogP contribution is -2.17. The number of rotatable bonds is 3. The molecule has 0 bridgehead atoms. The second-order valence-electron chi connectivity index (χ2n) is 3.09. The van der Waals surface area contributed by atoms with E-state index in [1.54, 1.807) is 0 Å². The van der Waals surface area contributed by atoms with Gasteiger partial charge in [-0.1, -0.05) is 0 Å². The number of aromatic nitrogens is 1. The quantitative estimate of drug-likeness (QED) is 0.665. The average Bonchev–Trinajstić information content (AvgIpc) is 2.25. The number of nitrogens with zero attached hydrogens (tertiary/aromatic N) is 1. The Hall–Kier alpha value is -1.57. The minimum Gasteiger partial charge on any atom is -0.326 e. The van der Waals surface area contributed by atoms with Crippen molar-refractivity contribution in [2.24, 2.45) is 5.73 Å². The Kier molecular flexibility index (Phi) is 3.76. The highest BCUT2D eigenvalue weighted by atomic mass is 19.4. The van der Waals surface area contributed by atoms with Gasteiger partial charge in [0.25, 0.3) is 6.43 Å². The van der Waals surface area contributed by atoms with Gasteiger partial charge in [0.2, 0.25) is 0 Å². The van der Waals surface area contributed by atoms with Crippen LogP contribution in [-0.2, 0) is 12.7 Å². The van der Waals surface area contributed by atoms with Crippen molar-refractivity contribution in [1.29, 1.82) is 0 Å². The molecular formula is C9H7F5N2O. The van der Waals surface area contributed by atoms with Crippen molar-refractivity contribution in [2.75, 3.05) is 0 Å². The van der Waals surface area contributed by atoms with E-state index in [1.165, 1.54) is 0 Å². The molecule has 3 nitrogen and oxygen atoms in total. The summed E-state index contributed by atoms with van der Waals surface area (Å²) >= 11 is 0. The lowest BCUT2D eigenvalue weighted by atomic mass is 10.1. The molecule has 0 amide bonds. The van der Waals surface area contributed by atoms with Gasteiger partial charge in [-0.3, -0.25) is 4.79 Å². The summed E-state index contributed by atoms with van der Waals surface area (Å²) in [5.41, 5.74) is 1.29. The fraction of sp³-hybridized carbons (Fsp3) is 0.333. The molecule has 1 aromatic heterocycles. The molecule has 0 saturated heterocycles. The monoisotopic (exact) mass is 254 g/mol. The van der Waals surface area contributed by atoms with Crippen LogP contribution in [0.25, 0.3) is 0 Å². The fourth-order valence-corrected chi connectivity index (χ4v) is 1.26. The zero-order chi connectivity index (χ0) is 13.2. The molecule has 0 aromatic carbocycles. The summed E-state index contributed by atoms with van der Waals surface area (Å²) in [6, 6.07) is 0.685. The maximum atomic E-state index is 12.5. The van der Waals surface area contributed by atoms with E-state index in [4.69, 9.17) is 5.73 Å². The first kappa shape index (κ1) is 13.5. The molecule has 0 unspecified atom stereocenters. The van der Waals surface area contributed by atoms with Crippen molar-refractivity contribution in [3.8, 4) is 0 Å². The number of carbonyl (C=O) groups excluding carboxylic acids is 1. The average molecular weight is 254 g/mol. The third-order valence-electron chi connectivity index (χ3n) is 1.98. The van der Waals surface area contributed by atoms with Gasteiger partial charge in [0.15, 0.2) is 6.29 Å². The number of halogens is 5. The van der Waals surface area contributed by atoms with Gasteiger partial charge in [-0.2, -0.15) is 13.2 Å². The Morgan fingerprint density at radius 1 is 1.41 bits per heavy atom. The Morgan fingerprint density at radius 2 is 2.00 bits per heavy atom. The SMILES string of the molecule is NCc1cc(C=O)c(C(F)F)nc1C(F)(F)F. The Bertz CT molecular complexity index is 430. The van der Waals surface area contributed by atoms with Crippen LogP contribution in [0.5, 0.6) is 0 Å². The van der Waals surface area contributed by atoms with E-state index in [2.05, 4.69) is 4.98 Å². The molecule has 0 atom stereocenters. The highest BCUT2D eigenvalue weighted by molar-refractivity contribution is 5.77. The molecular weight excluding hydrogens is 247 g/mol. The number of alkyl halides is 5. The molecule has 0 spiro atoms. The van der Waals surface area contributed by atoms with Crippen molar-refractivity contribution in [3.63, 3.8) is 0 Å². The smallest absolute Gasteiger partial charge is 0.326 e. The van der Waals surface area contributed by atoms with Crippen molar-refractivity contribution in [1.82, 2.24) is 4.98 Å². The van der Waals surface area contributed by atoms with Crippen LogP contribution in [0.15, 0.2) is 6.07 Å². The van der Waals surface area contributed by atoms with Crippen molar-refractivity contribution in [3.05, 3.63) is 28.6 Å². The third kappa shape index (κ3) is 2.76. The highest BCUT2D eigenvalue weighted by Gasteiger charge is 2.36. The molecule has 8 heteroatoms. The van der Waals surface area contributed by atoms with Crippen LogP contribution in [0.3, 0.4) is 0 Å². The number of nitrogens with two attached hydrogens (primary N) is 1. The number of hydrogen-bond donors (Lipinski definition) is 1. The summed E-state index contributed by atoms with van der Waals surface area (Å²) in [4.78, 5) is 13.3. The number of pyridine rings is 1.